The molecule has 0 unspecified atom stereocenters. The van der Waals surface area contributed by atoms with Crippen LogP contribution in [-0.4, -0.2) is 35.0 Å². The number of ether oxygens (including phenoxy) is 1. The zero-order valence-corrected chi connectivity index (χ0v) is 18.1. The molecule has 32 heavy (non-hydrogen) atoms. The quantitative estimate of drug-likeness (QED) is 0.666. The zero-order chi connectivity index (χ0) is 22.1. The van der Waals surface area contributed by atoms with E-state index >= 15 is 0 Å². The van der Waals surface area contributed by atoms with Crippen molar-refractivity contribution >= 4 is 23.2 Å². The van der Waals surface area contributed by atoms with E-state index in [2.05, 4.69) is 16.1 Å². The minimum atomic E-state index is -0.419. The average Bonchev–Trinajstić information content (AvgIpc) is 3.43. The van der Waals surface area contributed by atoms with Crippen molar-refractivity contribution < 1.29 is 14.3 Å². The third-order valence-corrected chi connectivity index (χ3v) is 6.23. The van der Waals surface area contributed by atoms with Gasteiger partial charge in [-0.1, -0.05) is 24.3 Å². The molecule has 1 fully saturated rings. The minimum Gasteiger partial charge on any atom is -0.497 e. The number of carbonyl (C=O) groups is 2. The molecule has 7 nitrogen and oxygen atoms in total. The number of aryl methyl sites for hydroxylation is 2. The smallest absolute Gasteiger partial charge is 0.229 e. The molecular weight excluding hydrogens is 404 g/mol. The molecule has 3 heterocycles. The van der Waals surface area contributed by atoms with Gasteiger partial charge in [0.1, 0.15) is 11.6 Å². The van der Waals surface area contributed by atoms with Crippen molar-refractivity contribution in [2.75, 3.05) is 23.9 Å². The number of fused-ring (bicyclic) bond motifs is 1. The van der Waals surface area contributed by atoms with Gasteiger partial charge in [-0.3, -0.25) is 9.59 Å². The van der Waals surface area contributed by atoms with Gasteiger partial charge in [-0.05, 0) is 31.0 Å². The van der Waals surface area contributed by atoms with Crippen LogP contribution in [0, 0.1) is 5.92 Å². The number of carbonyl (C=O) groups excluding carboxylic acids is 2. The molecule has 5 rings (SSSR count). The van der Waals surface area contributed by atoms with E-state index < -0.39 is 5.92 Å². The maximum absolute atomic E-state index is 13.1. The number of hydrogen-bond donors (Lipinski definition) is 1. The Balaban J connectivity index is 1.34. The molecule has 1 atom stereocenters. The summed E-state index contributed by atoms with van der Waals surface area (Å²) in [6.45, 7) is 1.33. The van der Waals surface area contributed by atoms with Gasteiger partial charge in [-0.2, -0.15) is 0 Å². The predicted molar refractivity (Wildman–Crippen MR) is 123 cm³/mol. The molecule has 2 amide bonds. The molecule has 3 aromatic rings. The number of para-hydroxylation sites is 1. The monoisotopic (exact) mass is 430 g/mol. The minimum absolute atomic E-state index is 0.0616. The van der Waals surface area contributed by atoms with Crippen LogP contribution in [0.4, 0.5) is 11.4 Å². The first-order valence-corrected chi connectivity index (χ1v) is 11.0. The molecule has 0 radical (unpaired) electrons. The van der Waals surface area contributed by atoms with Gasteiger partial charge >= 0.3 is 0 Å². The van der Waals surface area contributed by atoms with Crippen LogP contribution in [-0.2, 0) is 22.6 Å². The van der Waals surface area contributed by atoms with Crippen LogP contribution < -0.4 is 15.0 Å². The van der Waals surface area contributed by atoms with Crippen LogP contribution in [0.5, 0.6) is 5.75 Å². The maximum Gasteiger partial charge on any atom is 0.229 e. The van der Waals surface area contributed by atoms with Crippen molar-refractivity contribution in [2.45, 2.75) is 32.2 Å². The van der Waals surface area contributed by atoms with Gasteiger partial charge in [0, 0.05) is 49.4 Å². The van der Waals surface area contributed by atoms with Crippen LogP contribution in [0.15, 0.2) is 54.7 Å². The van der Waals surface area contributed by atoms with Crippen molar-refractivity contribution in [3.8, 4) is 17.0 Å². The summed E-state index contributed by atoms with van der Waals surface area (Å²) < 4.78 is 7.47. The number of anilines is 2. The Bertz CT molecular complexity index is 1150. The van der Waals surface area contributed by atoms with E-state index in [9.17, 15) is 9.59 Å². The van der Waals surface area contributed by atoms with Gasteiger partial charge in [0.05, 0.1) is 24.4 Å². The lowest BCUT2D eigenvalue weighted by atomic mass is 10.1. The molecule has 0 bridgehead atoms. The van der Waals surface area contributed by atoms with E-state index in [0.29, 0.717) is 12.3 Å². The van der Waals surface area contributed by atoms with E-state index in [0.717, 1.165) is 47.8 Å². The molecule has 2 aromatic carbocycles. The summed E-state index contributed by atoms with van der Waals surface area (Å²) in [5.41, 5.74) is 3.24. The average molecular weight is 431 g/mol. The number of methoxy groups -OCH3 is 1. The van der Waals surface area contributed by atoms with Gasteiger partial charge in [0.25, 0.3) is 0 Å². The molecule has 1 aromatic heterocycles. The molecule has 0 saturated carbocycles. The van der Waals surface area contributed by atoms with Crippen LogP contribution in [0.25, 0.3) is 11.3 Å². The fraction of sp³-hybridized carbons (Fsp3) is 0.320. The second kappa shape index (κ2) is 8.49. The lowest BCUT2D eigenvalue weighted by molar-refractivity contribution is -0.122. The van der Waals surface area contributed by atoms with E-state index in [1.807, 2.05) is 48.5 Å². The maximum atomic E-state index is 13.1. The normalized spacial score (nSPS) is 17.8. The Morgan fingerprint density at radius 2 is 2.03 bits per heavy atom. The predicted octanol–water partition coefficient (Wildman–Crippen LogP) is 3.89. The summed E-state index contributed by atoms with van der Waals surface area (Å²) >= 11 is 0. The summed E-state index contributed by atoms with van der Waals surface area (Å²) in [6.07, 6.45) is 5.57. The SMILES string of the molecule is COc1cccc(N2C[C@H](C(=O)Nc3ccccc3-c3cn4c(n3)CCCC4)CC2=O)c1. The number of amides is 2. The van der Waals surface area contributed by atoms with Crippen LogP contribution >= 0.6 is 0 Å². The van der Waals surface area contributed by atoms with Gasteiger partial charge in [-0.25, -0.2) is 4.98 Å². The molecule has 2 aliphatic rings. The van der Waals surface area contributed by atoms with Crippen molar-refractivity contribution in [1.82, 2.24) is 9.55 Å². The molecule has 0 aliphatic carbocycles. The number of nitrogens with zero attached hydrogens (tertiary/aromatic N) is 3. The highest BCUT2D eigenvalue weighted by molar-refractivity contribution is 6.04. The van der Waals surface area contributed by atoms with Crippen molar-refractivity contribution in [3.63, 3.8) is 0 Å². The largest absolute Gasteiger partial charge is 0.497 e. The van der Waals surface area contributed by atoms with Crippen molar-refractivity contribution in [1.29, 1.82) is 0 Å². The topological polar surface area (TPSA) is 76.5 Å². The Morgan fingerprint density at radius 3 is 2.88 bits per heavy atom. The van der Waals surface area contributed by atoms with Crippen LogP contribution in [0.3, 0.4) is 0 Å². The summed E-state index contributed by atoms with van der Waals surface area (Å²) in [6, 6.07) is 15.1. The number of hydrogen-bond acceptors (Lipinski definition) is 4. The number of benzene rings is 2. The zero-order valence-electron chi connectivity index (χ0n) is 18.1. The molecule has 164 valence electrons. The standard InChI is InChI=1S/C25H26N4O3/c1-32-19-8-6-7-18(14-19)29-15-17(13-24(29)30)25(31)27-21-10-3-2-9-20(21)22-16-28-12-5-4-11-23(28)26-22/h2-3,6-10,14,16-17H,4-5,11-13,15H2,1H3,(H,27,31)/t17-/m1/s1. The lowest BCUT2D eigenvalue weighted by Gasteiger charge is -2.17. The molecular formula is C25H26N4O3. The molecule has 1 N–H and O–H groups in total. The Labute approximate surface area is 187 Å². The fourth-order valence-electron chi connectivity index (χ4n) is 4.50. The van der Waals surface area contributed by atoms with Gasteiger partial charge in [0.15, 0.2) is 0 Å². The molecule has 2 aliphatic heterocycles. The van der Waals surface area contributed by atoms with E-state index in [1.54, 1.807) is 12.0 Å². The lowest BCUT2D eigenvalue weighted by Crippen LogP contribution is -2.28. The summed E-state index contributed by atoms with van der Waals surface area (Å²) in [5.74, 6) is 1.15. The number of imidazole rings is 1. The Morgan fingerprint density at radius 1 is 1.16 bits per heavy atom. The van der Waals surface area contributed by atoms with Gasteiger partial charge < -0.3 is 19.5 Å². The molecule has 0 spiro atoms. The number of rotatable bonds is 5. The highest BCUT2D eigenvalue weighted by atomic mass is 16.5. The number of nitrogens with one attached hydrogen (secondary N) is 1. The van der Waals surface area contributed by atoms with E-state index in [4.69, 9.17) is 9.72 Å². The molecule has 7 heteroatoms. The second-order valence-corrected chi connectivity index (χ2v) is 8.33. The summed E-state index contributed by atoms with van der Waals surface area (Å²) in [4.78, 5) is 32.2. The summed E-state index contributed by atoms with van der Waals surface area (Å²) in [5, 5.41) is 3.05. The fourth-order valence-corrected chi connectivity index (χ4v) is 4.50. The molecule has 1 saturated heterocycles. The Kier molecular flexibility index (Phi) is 5.39. The summed E-state index contributed by atoms with van der Waals surface area (Å²) in [7, 11) is 1.59. The first kappa shape index (κ1) is 20.3. The second-order valence-electron chi connectivity index (χ2n) is 8.33. The number of aromatic nitrogens is 2. The van der Waals surface area contributed by atoms with Gasteiger partial charge in [0.2, 0.25) is 11.8 Å². The highest BCUT2D eigenvalue weighted by Crippen LogP contribution is 2.31. The van der Waals surface area contributed by atoms with Crippen molar-refractivity contribution in [3.05, 3.63) is 60.6 Å². The highest BCUT2D eigenvalue weighted by Gasteiger charge is 2.35. The van der Waals surface area contributed by atoms with E-state index in [-0.39, 0.29) is 18.2 Å². The van der Waals surface area contributed by atoms with Crippen LogP contribution in [0.2, 0.25) is 0 Å². The van der Waals surface area contributed by atoms with E-state index in [1.165, 1.54) is 6.42 Å². The van der Waals surface area contributed by atoms with Crippen molar-refractivity contribution in [2.24, 2.45) is 5.92 Å². The third kappa shape index (κ3) is 3.86. The Hall–Kier alpha value is -3.61. The third-order valence-electron chi connectivity index (χ3n) is 6.23. The van der Waals surface area contributed by atoms with Gasteiger partial charge in [-0.15, -0.1) is 0 Å². The first-order valence-electron chi connectivity index (χ1n) is 11.0. The van der Waals surface area contributed by atoms with Crippen LogP contribution in [0.1, 0.15) is 25.1 Å². The first-order chi connectivity index (χ1) is 15.6.